The Morgan fingerprint density at radius 3 is 2.50 bits per heavy atom. The minimum absolute atomic E-state index is 0.0563. The molecule has 0 amide bonds. The van der Waals surface area contributed by atoms with Gasteiger partial charge in [0.1, 0.15) is 5.82 Å². The predicted molar refractivity (Wildman–Crippen MR) is 68.4 cm³/mol. The number of H-pyrrole nitrogens is 1. The number of hydrogen-bond donors (Lipinski definition) is 2. The van der Waals surface area contributed by atoms with Crippen molar-refractivity contribution >= 4 is 11.8 Å². The first-order valence-corrected chi connectivity index (χ1v) is 6.38. The molecule has 0 aliphatic rings. The number of aromatic nitrogens is 2. The third kappa shape index (κ3) is 2.28. The SMILES string of the molecule is CSc1ccc(-c2cnc([C@@H](C)N)[nH]2)cc1. The van der Waals surface area contributed by atoms with Crippen LogP contribution in [0.5, 0.6) is 0 Å². The number of aromatic amines is 1. The maximum atomic E-state index is 5.75. The summed E-state index contributed by atoms with van der Waals surface area (Å²) in [5.41, 5.74) is 7.90. The highest BCUT2D eigenvalue weighted by Gasteiger charge is 2.06. The van der Waals surface area contributed by atoms with E-state index < -0.39 is 0 Å². The van der Waals surface area contributed by atoms with Gasteiger partial charge in [-0.05, 0) is 30.9 Å². The van der Waals surface area contributed by atoms with Crippen LogP contribution < -0.4 is 5.73 Å². The average Bonchev–Trinajstić information content (AvgIpc) is 2.78. The van der Waals surface area contributed by atoms with Crippen LogP contribution in [0.3, 0.4) is 0 Å². The highest BCUT2D eigenvalue weighted by atomic mass is 32.2. The van der Waals surface area contributed by atoms with Gasteiger partial charge in [0, 0.05) is 4.90 Å². The third-order valence-corrected chi connectivity index (χ3v) is 3.17. The highest BCUT2D eigenvalue weighted by Crippen LogP contribution is 2.22. The normalized spacial score (nSPS) is 12.7. The molecule has 0 aliphatic carbocycles. The molecule has 2 aromatic rings. The van der Waals surface area contributed by atoms with Crippen LogP contribution in [0.1, 0.15) is 18.8 Å². The Bertz CT molecular complexity index is 459. The van der Waals surface area contributed by atoms with Gasteiger partial charge in [-0.3, -0.25) is 0 Å². The quantitative estimate of drug-likeness (QED) is 0.801. The lowest BCUT2D eigenvalue weighted by molar-refractivity contribution is 0.756. The van der Waals surface area contributed by atoms with Gasteiger partial charge >= 0.3 is 0 Å². The van der Waals surface area contributed by atoms with Crippen LogP contribution in [0, 0.1) is 0 Å². The first kappa shape index (κ1) is 11.2. The molecule has 1 aromatic carbocycles. The number of nitrogens with two attached hydrogens (primary N) is 1. The molecule has 0 aliphatic heterocycles. The van der Waals surface area contributed by atoms with E-state index in [1.807, 2.05) is 13.1 Å². The van der Waals surface area contributed by atoms with Gasteiger partial charge in [-0.15, -0.1) is 11.8 Å². The van der Waals surface area contributed by atoms with Gasteiger partial charge in [0.05, 0.1) is 17.9 Å². The first-order chi connectivity index (χ1) is 7.70. The zero-order chi connectivity index (χ0) is 11.5. The van der Waals surface area contributed by atoms with E-state index in [0.717, 1.165) is 17.1 Å². The van der Waals surface area contributed by atoms with Gasteiger partial charge in [0.25, 0.3) is 0 Å². The smallest absolute Gasteiger partial charge is 0.123 e. The summed E-state index contributed by atoms with van der Waals surface area (Å²) in [6, 6.07) is 8.33. The van der Waals surface area contributed by atoms with Crippen molar-refractivity contribution in [3.8, 4) is 11.3 Å². The fourth-order valence-corrected chi connectivity index (χ4v) is 1.89. The molecule has 2 rings (SSSR count). The van der Waals surface area contributed by atoms with Crippen molar-refractivity contribution in [2.45, 2.75) is 17.9 Å². The van der Waals surface area contributed by atoms with Gasteiger partial charge in [-0.2, -0.15) is 0 Å². The van der Waals surface area contributed by atoms with Crippen LogP contribution in [0.15, 0.2) is 35.4 Å². The van der Waals surface area contributed by atoms with Gasteiger partial charge in [-0.25, -0.2) is 4.98 Å². The summed E-state index contributed by atoms with van der Waals surface area (Å²) in [4.78, 5) is 8.73. The van der Waals surface area contributed by atoms with E-state index in [-0.39, 0.29) is 6.04 Å². The number of rotatable bonds is 3. The van der Waals surface area contributed by atoms with Gasteiger partial charge in [-0.1, -0.05) is 12.1 Å². The van der Waals surface area contributed by atoms with Crippen LogP contribution in [-0.4, -0.2) is 16.2 Å². The van der Waals surface area contributed by atoms with Crippen LogP contribution in [0.2, 0.25) is 0 Å². The second-order valence-electron chi connectivity index (χ2n) is 3.70. The van der Waals surface area contributed by atoms with Crippen molar-refractivity contribution in [1.29, 1.82) is 0 Å². The van der Waals surface area contributed by atoms with Crippen LogP contribution in [0.25, 0.3) is 11.3 Å². The molecule has 84 valence electrons. The highest BCUT2D eigenvalue weighted by molar-refractivity contribution is 7.98. The summed E-state index contributed by atoms with van der Waals surface area (Å²) in [5.74, 6) is 0.823. The average molecular weight is 233 g/mol. The fourth-order valence-electron chi connectivity index (χ4n) is 1.49. The number of hydrogen-bond acceptors (Lipinski definition) is 3. The Morgan fingerprint density at radius 2 is 2.00 bits per heavy atom. The molecule has 1 heterocycles. The molecule has 3 nitrogen and oxygen atoms in total. The Balaban J connectivity index is 2.28. The molecular weight excluding hydrogens is 218 g/mol. The van der Waals surface area contributed by atoms with E-state index >= 15 is 0 Å². The number of thioether (sulfide) groups is 1. The van der Waals surface area contributed by atoms with Crippen molar-refractivity contribution in [3.63, 3.8) is 0 Å². The summed E-state index contributed by atoms with van der Waals surface area (Å²) >= 11 is 1.74. The van der Waals surface area contributed by atoms with E-state index in [9.17, 15) is 0 Å². The lowest BCUT2D eigenvalue weighted by Gasteiger charge is -2.01. The van der Waals surface area contributed by atoms with E-state index in [2.05, 4.69) is 40.5 Å². The maximum Gasteiger partial charge on any atom is 0.123 e. The lowest BCUT2D eigenvalue weighted by Crippen LogP contribution is -2.06. The summed E-state index contributed by atoms with van der Waals surface area (Å²) < 4.78 is 0. The molecule has 1 atom stereocenters. The second-order valence-corrected chi connectivity index (χ2v) is 4.58. The fraction of sp³-hybridized carbons (Fsp3) is 0.250. The monoisotopic (exact) mass is 233 g/mol. The van der Waals surface area contributed by atoms with Crippen molar-refractivity contribution in [3.05, 3.63) is 36.3 Å². The minimum Gasteiger partial charge on any atom is -0.341 e. The Hall–Kier alpha value is -1.26. The zero-order valence-electron chi connectivity index (χ0n) is 9.40. The molecule has 0 unspecified atom stereocenters. The van der Waals surface area contributed by atoms with Crippen molar-refractivity contribution in [2.24, 2.45) is 5.73 Å². The molecule has 0 saturated heterocycles. The second kappa shape index (κ2) is 4.72. The maximum absolute atomic E-state index is 5.75. The molecule has 0 bridgehead atoms. The van der Waals surface area contributed by atoms with Gasteiger partial charge in [0.2, 0.25) is 0 Å². The standard InChI is InChI=1S/C12H15N3S/c1-8(13)12-14-7-11(15-12)9-3-5-10(16-2)6-4-9/h3-8H,13H2,1-2H3,(H,14,15)/t8-/m1/s1. The number of imidazole rings is 1. The Morgan fingerprint density at radius 1 is 1.31 bits per heavy atom. The molecule has 0 fully saturated rings. The Kier molecular flexibility index (Phi) is 3.31. The van der Waals surface area contributed by atoms with E-state index in [1.54, 1.807) is 11.8 Å². The van der Waals surface area contributed by atoms with E-state index in [0.29, 0.717) is 0 Å². The largest absolute Gasteiger partial charge is 0.341 e. The van der Waals surface area contributed by atoms with E-state index in [4.69, 9.17) is 5.73 Å². The third-order valence-electron chi connectivity index (χ3n) is 2.43. The summed E-state index contributed by atoms with van der Waals surface area (Å²) in [5, 5.41) is 0. The van der Waals surface area contributed by atoms with Crippen molar-refractivity contribution < 1.29 is 0 Å². The van der Waals surface area contributed by atoms with Crippen molar-refractivity contribution in [2.75, 3.05) is 6.26 Å². The molecule has 16 heavy (non-hydrogen) atoms. The molecule has 3 N–H and O–H groups in total. The van der Waals surface area contributed by atoms with Crippen molar-refractivity contribution in [1.82, 2.24) is 9.97 Å². The van der Waals surface area contributed by atoms with Gasteiger partial charge < -0.3 is 10.7 Å². The van der Waals surface area contributed by atoms with Gasteiger partial charge in [0.15, 0.2) is 0 Å². The lowest BCUT2D eigenvalue weighted by atomic mass is 10.2. The molecular formula is C12H15N3S. The van der Waals surface area contributed by atoms with Crippen LogP contribution in [0.4, 0.5) is 0 Å². The molecule has 4 heteroatoms. The summed E-state index contributed by atoms with van der Waals surface area (Å²) in [7, 11) is 0. The Labute approximate surface area is 99.5 Å². The number of nitrogens with one attached hydrogen (secondary N) is 1. The molecule has 1 aromatic heterocycles. The summed E-state index contributed by atoms with van der Waals surface area (Å²) in [6.07, 6.45) is 3.90. The van der Waals surface area contributed by atoms with E-state index in [1.165, 1.54) is 4.90 Å². The molecule has 0 spiro atoms. The predicted octanol–water partition coefficient (Wildman–Crippen LogP) is 2.82. The number of nitrogens with zero attached hydrogens (tertiary/aromatic N) is 1. The summed E-state index contributed by atoms with van der Waals surface area (Å²) in [6.45, 7) is 1.92. The van der Waals surface area contributed by atoms with Crippen LogP contribution in [-0.2, 0) is 0 Å². The minimum atomic E-state index is -0.0563. The molecule has 0 radical (unpaired) electrons. The zero-order valence-corrected chi connectivity index (χ0v) is 10.2. The number of benzene rings is 1. The topological polar surface area (TPSA) is 54.7 Å². The van der Waals surface area contributed by atoms with Crippen LogP contribution >= 0.6 is 11.8 Å². The molecule has 0 saturated carbocycles. The first-order valence-electron chi connectivity index (χ1n) is 5.15.